The Labute approximate surface area is 93.4 Å². The largest absolute Gasteiger partial charge is 0.313 e. The summed E-state index contributed by atoms with van der Waals surface area (Å²) in [5.41, 5.74) is 0.678. The van der Waals surface area contributed by atoms with Crippen molar-refractivity contribution in [2.45, 2.75) is 27.2 Å². The SMILES string of the molecule is Cc1nn(C)c(CC(=O)C(C)C)c1[N+](=O)[O-]. The highest BCUT2D eigenvalue weighted by Crippen LogP contribution is 2.23. The Kier molecular flexibility index (Phi) is 3.41. The van der Waals surface area contributed by atoms with Crippen LogP contribution in [0.2, 0.25) is 0 Å². The lowest BCUT2D eigenvalue weighted by Crippen LogP contribution is -2.14. The fourth-order valence-electron chi connectivity index (χ4n) is 1.50. The van der Waals surface area contributed by atoms with E-state index in [0.717, 1.165) is 0 Å². The van der Waals surface area contributed by atoms with Crippen molar-refractivity contribution in [3.05, 3.63) is 21.5 Å². The molecule has 1 aromatic heterocycles. The van der Waals surface area contributed by atoms with Crippen molar-refractivity contribution in [2.75, 3.05) is 0 Å². The molecule has 0 N–H and O–H groups in total. The van der Waals surface area contributed by atoms with Crippen LogP contribution in [0.25, 0.3) is 0 Å². The summed E-state index contributed by atoms with van der Waals surface area (Å²) in [6.07, 6.45) is 0.0608. The molecule has 0 aliphatic heterocycles. The van der Waals surface area contributed by atoms with Gasteiger partial charge >= 0.3 is 5.69 Å². The summed E-state index contributed by atoms with van der Waals surface area (Å²) in [7, 11) is 1.61. The molecule has 88 valence electrons. The first-order valence-electron chi connectivity index (χ1n) is 5.04. The van der Waals surface area contributed by atoms with E-state index < -0.39 is 4.92 Å². The number of carbonyl (C=O) groups is 1. The van der Waals surface area contributed by atoms with Gasteiger partial charge in [0.2, 0.25) is 0 Å². The van der Waals surface area contributed by atoms with Crippen molar-refractivity contribution in [3.63, 3.8) is 0 Å². The van der Waals surface area contributed by atoms with Gasteiger partial charge in [-0.05, 0) is 6.92 Å². The number of nitrogens with zero attached hydrogens (tertiary/aromatic N) is 3. The lowest BCUT2D eigenvalue weighted by molar-refractivity contribution is -0.386. The molecule has 1 aromatic rings. The molecule has 16 heavy (non-hydrogen) atoms. The molecule has 1 rings (SSSR count). The van der Waals surface area contributed by atoms with E-state index in [1.165, 1.54) is 4.68 Å². The molecule has 0 aliphatic carbocycles. The molecule has 0 unspecified atom stereocenters. The quantitative estimate of drug-likeness (QED) is 0.573. The number of Topliss-reactive ketones (excluding diaryl/α,β-unsaturated/α-hetero) is 1. The number of carbonyl (C=O) groups excluding carboxylic acids is 1. The molecule has 6 nitrogen and oxygen atoms in total. The van der Waals surface area contributed by atoms with Crippen molar-refractivity contribution in [1.82, 2.24) is 9.78 Å². The third-order valence-electron chi connectivity index (χ3n) is 2.47. The van der Waals surface area contributed by atoms with Gasteiger partial charge in [-0.2, -0.15) is 5.10 Å². The van der Waals surface area contributed by atoms with E-state index in [9.17, 15) is 14.9 Å². The normalized spacial score (nSPS) is 10.8. The Bertz CT molecular complexity index is 435. The number of hydrogen-bond acceptors (Lipinski definition) is 4. The van der Waals surface area contributed by atoms with Gasteiger partial charge in [0, 0.05) is 13.0 Å². The van der Waals surface area contributed by atoms with Gasteiger partial charge in [0.15, 0.2) is 0 Å². The van der Waals surface area contributed by atoms with Gasteiger partial charge in [0.05, 0.1) is 11.3 Å². The summed E-state index contributed by atoms with van der Waals surface area (Å²) in [5, 5.41) is 14.8. The first kappa shape index (κ1) is 12.4. The van der Waals surface area contributed by atoms with Gasteiger partial charge in [0.1, 0.15) is 17.2 Å². The summed E-state index contributed by atoms with van der Waals surface area (Å²) in [6, 6.07) is 0. The highest BCUT2D eigenvalue weighted by molar-refractivity contribution is 5.83. The summed E-state index contributed by atoms with van der Waals surface area (Å²) >= 11 is 0. The summed E-state index contributed by atoms with van der Waals surface area (Å²) in [5.74, 6) is -0.152. The van der Waals surface area contributed by atoms with E-state index in [1.807, 2.05) is 0 Å². The van der Waals surface area contributed by atoms with E-state index in [0.29, 0.717) is 11.4 Å². The summed E-state index contributed by atoms with van der Waals surface area (Å²) in [4.78, 5) is 22.0. The van der Waals surface area contributed by atoms with Crippen LogP contribution < -0.4 is 0 Å². The van der Waals surface area contributed by atoms with Gasteiger partial charge < -0.3 is 0 Å². The third-order valence-corrected chi connectivity index (χ3v) is 2.47. The van der Waals surface area contributed by atoms with E-state index in [1.54, 1.807) is 27.8 Å². The molecule has 0 atom stereocenters. The Hall–Kier alpha value is -1.72. The molecular weight excluding hydrogens is 210 g/mol. The predicted octanol–water partition coefficient (Wildman–Crippen LogP) is 1.40. The zero-order valence-electron chi connectivity index (χ0n) is 9.85. The van der Waals surface area contributed by atoms with E-state index in [-0.39, 0.29) is 23.8 Å². The van der Waals surface area contributed by atoms with Gasteiger partial charge in [-0.25, -0.2) is 0 Å². The molecule has 1 heterocycles. The average Bonchev–Trinajstić information content (AvgIpc) is 2.41. The Morgan fingerprint density at radius 3 is 2.56 bits per heavy atom. The number of rotatable bonds is 4. The van der Waals surface area contributed by atoms with Crippen LogP contribution in [-0.4, -0.2) is 20.5 Å². The second-order valence-electron chi connectivity index (χ2n) is 4.06. The van der Waals surface area contributed by atoms with Crippen molar-refractivity contribution in [3.8, 4) is 0 Å². The van der Waals surface area contributed by atoms with E-state index in [2.05, 4.69) is 5.10 Å². The highest BCUT2D eigenvalue weighted by Gasteiger charge is 2.25. The minimum atomic E-state index is -0.481. The number of aryl methyl sites for hydroxylation is 2. The monoisotopic (exact) mass is 225 g/mol. The molecule has 6 heteroatoms. The van der Waals surface area contributed by atoms with Crippen LogP contribution in [0.4, 0.5) is 5.69 Å². The molecule has 0 saturated carbocycles. The Morgan fingerprint density at radius 2 is 2.12 bits per heavy atom. The topological polar surface area (TPSA) is 78.0 Å². The Balaban J connectivity index is 3.13. The lowest BCUT2D eigenvalue weighted by atomic mass is 10.0. The second-order valence-corrected chi connectivity index (χ2v) is 4.06. The lowest BCUT2D eigenvalue weighted by Gasteiger charge is -2.03. The zero-order chi connectivity index (χ0) is 12.5. The number of ketones is 1. The van der Waals surface area contributed by atoms with Crippen LogP contribution in [-0.2, 0) is 18.3 Å². The maximum atomic E-state index is 11.6. The third kappa shape index (κ3) is 2.26. The first-order chi connectivity index (χ1) is 7.34. The van der Waals surface area contributed by atoms with Gasteiger partial charge in [0.25, 0.3) is 0 Å². The molecule has 0 aromatic carbocycles. The number of aromatic nitrogens is 2. The minimum Gasteiger partial charge on any atom is -0.299 e. The molecule has 0 fully saturated rings. The maximum absolute atomic E-state index is 11.6. The fourth-order valence-corrected chi connectivity index (χ4v) is 1.50. The van der Waals surface area contributed by atoms with E-state index >= 15 is 0 Å². The van der Waals surface area contributed by atoms with Crippen LogP contribution in [0.15, 0.2) is 0 Å². The van der Waals surface area contributed by atoms with Gasteiger partial charge in [-0.15, -0.1) is 0 Å². The van der Waals surface area contributed by atoms with Crippen molar-refractivity contribution in [1.29, 1.82) is 0 Å². The molecule has 0 bridgehead atoms. The maximum Gasteiger partial charge on any atom is 0.313 e. The zero-order valence-corrected chi connectivity index (χ0v) is 9.85. The Morgan fingerprint density at radius 1 is 1.56 bits per heavy atom. The van der Waals surface area contributed by atoms with Crippen LogP contribution in [0.5, 0.6) is 0 Å². The first-order valence-corrected chi connectivity index (χ1v) is 5.04. The van der Waals surface area contributed by atoms with Crippen LogP contribution in [0.1, 0.15) is 25.2 Å². The second kappa shape index (κ2) is 4.42. The van der Waals surface area contributed by atoms with Crippen LogP contribution in [0.3, 0.4) is 0 Å². The molecule has 0 spiro atoms. The van der Waals surface area contributed by atoms with Gasteiger partial charge in [-0.1, -0.05) is 13.8 Å². The van der Waals surface area contributed by atoms with Gasteiger partial charge in [-0.3, -0.25) is 19.6 Å². The summed E-state index contributed by atoms with van der Waals surface area (Å²) in [6.45, 7) is 5.12. The molecule has 0 aliphatic rings. The van der Waals surface area contributed by atoms with Crippen molar-refractivity contribution in [2.24, 2.45) is 13.0 Å². The predicted molar refractivity (Wildman–Crippen MR) is 58.1 cm³/mol. The average molecular weight is 225 g/mol. The smallest absolute Gasteiger partial charge is 0.299 e. The molecule has 0 radical (unpaired) electrons. The van der Waals surface area contributed by atoms with Crippen LogP contribution >= 0.6 is 0 Å². The molecule has 0 saturated heterocycles. The number of nitro groups is 1. The molecule has 0 amide bonds. The van der Waals surface area contributed by atoms with E-state index in [4.69, 9.17) is 0 Å². The standard InChI is InChI=1S/C10H15N3O3/c1-6(2)9(14)5-8-10(13(15)16)7(3)11-12(8)4/h6H,5H2,1-4H3. The van der Waals surface area contributed by atoms with Crippen molar-refractivity contribution >= 4 is 11.5 Å². The minimum absolute atomic E-state index is 0.0221. The highest BCUT2D eigenvalue weighted by atomic mass is 16.6. The molecular formula is C10H15N3O3. The number of hydrogen-bond donors (Lipinski definition) is 0. The van der Waals surface area contributed by atoms with Crippen LogP contribution in [0, 0.1) is 23.0 Å². The van der Waals surface area contributed by atoms with Crippen molar-refractivity contribution < 1.29 is 9.72 Å². The fraction of sp³-hybridized carbons (Fsp3) is 0.600. The summed E-state index contributed by atoms with van der Waals surface area (Å²) < 4.78 is 1.41.